The molecular formula is C21H25N3O3S. The maximum atomic E-state index is 13.0. The van der Waals surface area contributed by atoms with E-state index in [0.717, 1.165) is 0 Å². The summed E-state index contributed by atoms with van der Waals surface area (Å²) in [7, 11) is 1.84. The van der Waals surface area contributed by atoms with E-state index in [2.05, 4.69) is 4.98 Å². The summed E-state index contributed by atoms with van der Waals surface area (Å²) in [5.41, 5.74) is 1.22. The molecule has 1 aromatic carbocycles. The van der Waals surface area contributed by atoms with Crippen LogP contribution in [0.1, 0.15) is 30.8 Å². The molecule has 3 aromatic rings. The van der Waals surface area contributed by atoms with Crippen LogP contribution in [0.4, 0.5) is 0 Å². The molecule has 0 N–H and O–H groups in total. The molecule has 0 bridgehead atoms. The number of hydrogen-bond donors (Lipinski definition) is 0. The highest BCUT2D eigenvalue weighted by molar-refractivity contribution is 7.99. The van der Waals surface area contributed by atoms with Gasteiger partial charge >= 0.3 is 0 Å². The van der Waals surface area contributed by atoms with Crippen molar-refractivity contribution in [1.82, 2.24) is 14.1 Å². The Balaban J connectivity index is 1.84. The van der Waals surface area contributed by atoms with Crippen LogP contribution in [0, 0.1) is 0 Å². The molecule has 0 aliphatic rings. The lowest BCUT2D eigenvalue weighted by Crippen LogP contribution is -2.24. The Labute approximate surface area is 168 Å². The summed E-state index contributed by atoms with van der Waals surface area (Å²) in [5, 5.41) is 1.15. The third kappa shape index (κ3) is 4.72. The molecule has 6 nitrogen and oxygen atoms in total. The van der Waals surface area contributed by atoms with Crippen molar-refractivity contribution in [3.8, 4) is 0 Å². The fourth-order valence-electron chi connectivity index (χ4n) is 2.95. The molecule has 3 rings (SSSR count). The number of aryl methyl sites for hydroxylation is 1. The Morgan fingerprint density at radius 3 is 2.71 bits per heavy atom. The third-order valence-corrected chi connectivity index (χ3v) is 5.34. The number of hydrogen-bond acceptors (Lipinski definition) is 5. The van der Waals surface area contributed by atoms with Crippen LogP contribution in [0.3, 0.4) is 0 Å². The number of benzene rings is 1. The van der Waals surface area contributed by atoms with Gasteiger partial charge in [-0.3, -0.25) is 14.2 Å². The number of thioether (sulfide) groups is 1. The second-order valence-corrected chi connectivity index (χ2v) is 7.80. The summed E-state index contributed by atoms with van der Waals surface area (Å²) >= 11 is 1.30. The molecule has 0 radical (unpaired) electrons. The molecule has 7 heteroatoms. The first-order valence-electron chi connectivity index (χ1n) is 9.36. The number of fused-ring (bicyclic) bond motifs is 1. The first-order chi connectivity index (χ1) is 13.5. The zero-order valence-electron chi connectivity index (χ0n) is 16.4. The minimum atomic E-state index is -0.0797. The molecule has 0 aliphatic heterocycles. The minimum Gasteiger partial charge on any atom is -0.379 e. The van der Waals surface area contributed by atoms with Crippen molar-refractivity contribution in [3.05, 3.63) is 58.6 Å². The summed E-state index contributed by atoms with van der Waals surface area (Å²) in [5.74, 6) is 0.236. The lowest BCUT2D eigenvalue weighted by atomic mass is 10.2. The second kappa shape index (κ2) is 9.21. The summed E-state index contributed by atoms with van der Waals surface area (Å²) in [6.45, 7) is 5.05. The summed E-state index contributed by atoms with van der Waals surface area (Å²) < 4.78 is 9.05. The highest BCUT2D eigenvalue weighted by Gasteiger charge is 2.15. The van der Waals surface area contributed by atoms with Gasteiger partial charge in [-0.05, 0) is 44.5 Å². The molecule has 0 fully saturated rings. The average Bonchev–Trinajstić information content (AvgIpc) is 3.10. The zero-order valence-corrected chi connectivity index (χ0v) is 17.2. The molecule has 2 heterocycles. The van der Waals surface area contributed by atoms with Gasteiger partial charge in [0.1, 0.15) is 0 Å². The molecule has 0 unspecified atom stereocenters. The molecular weight excluding hydrogens is 374 g/mol. The second-order valence-electron chi connectivity index (χ2n) is 6.86. The number of carbonyl (C=O) groups is 1. The largest absolute Gasteiger partial charge is 0.379 e. The van der Waals surface area contributed by atoms with E-state index in [4.69, 9.17) is 4.74 Å². The number of nitrogens with zero attached hydrogens (tertiary/aromatic N) is 3. The van der Waals surface area contributed by atoms with Crippen LogP contribution >= 0.6 is 11.8 Å². The van der Waals surface area contributed by atoms with Crippen molar-refractivity contribution in [2.75, 3.05) is 12.4 Å². The Morgan fingerprint density at radius 2 is 2.00 bits per heavy atom. The number of ether oxygens (including phenoxy) is 1. The van der Waals surface area contributed by atoms with Gasteiger partial charge in [0, 0.05) is 26.4 Å². The Bertz CT molecular complexity index is 1020. The number of ketones is 1. The zero-order chi connectivity index (χ0) is 20.1. The number of carbonyl (C=O) groups excluding carboxylic acids is 1. The fraction of sp³-hybridized carbons (Fsp3) is 0.381. The number of aromatic nitrogens is 3. The van der Waals surface area contributed by atoms with Gasteiger partial charge in [0.15, 0.2) is 10.9 Å². The Morgan fingerprint density at radius 1 is 1.21 bits per heavy atom. The van der Waals surface area contributed by atoms with Crippen molar-refractivity contribution in [3.63, 3.8) is 0 Å². The normalized spacial score (nSPS) is 11.4. The Hall–Kier alpha value is -2.38. The van der Waals surface area contributed by atoms with E-state index in [9.17, 15) is 9.59 Å². The highest BCUT2D eigenvalue weighted by Crippen LogP contribution is 2.19. The first-order valence-corrected chi connectivity index (χ1v) is 10.3. The van der Waals surface area contributed by atoms with E-state index in [1.54, 1.807) is 21.3 Å². The van der Waals surface area contributed by atoms with Crippen LogP contribution in [0.15, 0.2) is 52.5 Å². The third-order valence-electron chi connectivity index (χ3n) is 4.37. The Kier molecular flexibility index (Phi) is 6.70. The van der Waals surface area contributed by atoms with Gasteiger partial charge < -0.3 is 9.30 Å². The van der Waals surface area contributed by atoms with E-state index >= 15 is 0 Å². The monoisotopic (exact) mass is 399 g/mol. The van der Waals surface area contributed by atoms with Gasteiger partial charge in [-0.2, -0.15) is 0 Å². The van der Waals surface area contributed by atoms with Crippen LogP contribution in [0.2, 0.25) is 0 Å². The molecule has 0 spiro atoms. The van der Waals surface area contributed by atoms with Gasteiger partial charge in [0.05, 0.1) is 28.5 Å². The van der Waals surface area contributed by atoms with Crippen LogP contribution in [-0.4, -0.2) is 38.4 Å². The molecule has 0 amide bonds. The molecule has 0 saturated heterocycles. The van der Waals surface area contributed by atoms with Crippen molar-refractivity contribution in [1.29, 1.82) is 0 Å². The van der Waals surface area contributed by atoms with Gasteiger partial charge in [-0.25, -0.2) is 4.98 Å². The molecule has 148 valence electrons. The van der Waals surface area contributed by atoms with Crippen molar-refractivity contribution in [2.24, 2.45) is 7.05 Å². The average molecular weight is 400 g/mol. The summed E-state index contributed by atoms with van der Waals surface area (Å²) in [6.07, 6.45) is 2.71. The molecule has 0 saturated carbocycles. The summed E-state index contributed by atoms with van der Waals surface area (Å²) in [4.78, 5) is 30.2. The molecule has 28 heavy (non-hydrogen) atoms. The van der Waals surface area contributed by atoms with Crippen molar-refractivity contribution < 1.29 is 9.53 Å². The predicted molar refractivity (Wildman–Crippen MR) is 112 cm³/mol. The smallest absolute Gasteiger partial charge is 0.262 e. The van der Waals surface area contributed by atoms with Crippen LogP contribution in [0.5, 0.6) is 0 Å². The number of rotatable bonds is 9. The molecule has 0 atom stereocenters. The lowest BCUT2D eigenvalue weighted by molar-refractivity contribution is 0.0743. The van der Waals surface area contributed by atoms with Gasteiger partial charge in [0.2, 0.25) is 0 Å². The fourth-order valence-corrected chi connectivity index (χ4v) is 3.85. The summed E-state index contributed by atoms with van der Waals surface area (Å²) in [6, 6.07) is 11.0. The maximum Gasteiger partial charge on any atom is 0.262 e. The van der Waals surface area contributed by atoms with Gasteiger partial charge in [-0.15, -0.1) is 0 Å². The van der Waals surface area contributed by atoms with E-state index in [-0.39, 0.29) is 23.2 Å². The topological polar surface area (TPSA) is 66.1 Å². The number of Topliss-reactive ketones (excluding diaryl/α,β-unsaturated/α-hetero) is 1. The van der Waals surface area contributed by atoms with E-state index in [1.807, 2.05) is 51.4 Å². The SMILES string of the molecule is CC(C)OCCCn1c(SCC(=O)c2cccn2C)nc2ccccc2c1=O. The van der Waals surface area contributed by atoms with Gasteiger partial charge in [-0.1, -0.05) is 23.9 Å². The van der Waals surface area contributed by atoms with Gasteiger partial charge in [0.25, 0.3) is 5.56 Å². The molecule has 2 aromatic heterocycles. The number of para-hydroxylation sites is 1. The van der Waals surface area contributed by atoms with E-state index in [1.165, 1.54) is 11.8 Å². The lowest BCUT2D eigenvalue weighted by Gasteiger charge is -2.14. The van der Waals surface area contributed by atoms with Crippen molar-refractivity contribution in [2.45, 2.75) is 38.1 Å². The van der Waals surface area contributed by atoms with E-state index < -0.39 is 0 Å². The highest BCUT2D eigenvalue weighted by atomic mass is 32.2. The van der Waals surface area contributed by atoms with Crippen LogP contribution in [-0.2, 0) is 18.3 Å². The first kappa shape index (κ1) is 20.4. The maximum absolute atomic E-state index is 13.0. The molecule has 0 aliphatic carbocycles. The standard InChI is InChI=1S/C21H25N3O3S/c1-15(2)27-13-7-12-24-20(26)16-8-4-5-9-17(16)22-21(24)28-14-19(25)18-10-6-11-23(18)3/h4-6,8-11,15H,7,12-14H2,1-3H3. The van der Waals surface area contributed by atoms with Crippen LogP contribution < -0.4 is 5.56 Å². The van der Waals surface area contributed by atoms with Crippen LogP contribution in [0.25, 0.3) is 10.9 Å². The van der Waals surface area contributed by atoms with E-state index in [0.29, 0.717) is 41.3 Å². The quantitative estimate of drug-likeness (QED) is 0.238. The minimum absolute atomic E-state index is 0.00889. The predicted octanol–water partition coefficient (Wildman–Crippen LogP) is 3.53. The van der Waals surface area contributed by atoms with Crippen molar-refractivity contribution >= 4 is 28.4 Å².